The molecule has 0 N–H and O–H groups in total. The second kappa shape index (κ2) is 7.55. The molecule has 0 aliphatic heterocycles. The van der Waals surface area contributed by atoms with Gasteiger partial charge in [-0.25, -0.2) is 9.78 Å². The molecular formula is C16H13ClN2O3. The maximum absolute atomic E-state index is 11.8. The van der Waals surface area contributed by atoms with Gasteiger partial charge in [-0.2, -0.15) is 5.26 Å². The van der Waals surface area contributed by atoms with Crippen LogP contribution in [0.3, 0.4) is 0 Å². The van der Waals surface area contributed by atoms with Gasteiger partial charge in [-0.05, 0) is 18.2 Å². The molecule has 1 aromatic heterocycles. The number of para-hydroxylation sites is 1. The summed E-state index contributed by atoms with van der Waals surface area (Å²) in [5.74, 6) is -0.719. The topological polar surface area (TPSA) is 72.2 Å². The van der Waals surface area contributed by atoms with Crippen LogP contribution in [0.15, 0.2) is 35.9 Å². The highest BCUT2D eigenvalue weighted by atomic mass is 35.5. The minimum Gasteiger partial charge on any atom is -0.459 e. The van der Waals surface area contributed by atoms with E-state index in [0.29, 0.717) is 5.56 Å². The fraction of sp³-hybridized carbons (Fsp3) is 0.188. The number of hydrogen-bond acceptors (Lipinski definition) is 5. The highest BCUT2D eigenvalue weighted by Gasteiger charge is 2.12. The monoisotopic (exact) mass is 316 g/mol. The Morgan fingerprint density at radius 1 is 1.41 bits per heavy atom. The average Bonchev–Trinajstić information content (AvgIpc) is 2.52. The van der Waals surface area contributed by atoms with Gasteiger partial charge in [0.15, 0.2) is 0 Å². The number of aromatic nitrogens is 1. The van der Waals surface area contributed by atoms with Gasteiger partial charge in [0.2, 0.25) is 0 Å². The Balaban J connectivity index is 2.31. The molecule has 0 saturated carbocycles. The van der Waals surface area contributed by atoms with Crippen LogP contribution in [-0.4, -0.2) is 31.3 Å². The number of fused-ring (bicyclic) bond motifs is 1. The zero-order valence-electron chi connectivity index (χ0n) is 11.9. The lowest BCUT2D eigenvalue weighted by Gasteiger charge is -2.04. The van der Waals surface area contributed by atoms with E-state index >= 15 is 0 Å². The summed E-state index contributed by atoms with van der Waals surface area (Å²) in [5.41, 5.74) is 1.08. The molecule has 0 unspecified atom stereocenters. The molecule has 1 heterocycles. The van der Waals surface area contributed by atoms with Gasteiger partial charge in [-0.1, -0.05) is 29.8 Å². The summed E-state index contributed by atoms with van der Waals surface area (Å²) in [6.45, 7) is 0.348. The molecule has 0 amide bonds. The highest BCUT2D eigenvalue weighted by molar-refractivity contribution is 6.31. The normalized spacial score (nSPS) is 11.2. The first-order valence-electron chi connectivity index (χ1n) is 6.49. The number of nitrogens with zero attached hydrogens (tertiary/aromatic N) is 2. The Hall–Kier alpha value is -2.42. The Kier molecular flexibility index (Phi) is 5.48. The summed E-state index contributed by atoms with van der Waals surface area (Å²) >= 11 is 6.10. The van der Waals surface area contributed by atoms with Crippen molar-refractivity contribution in [2.45, 2.75) is 0 Å². The van der Waals surface area contributed by atoms with Gasteiger partial charge < -0.3 is 9.47 Å². The minimum atomic E-state index is -0.719. The SMILES string of the molecule is COCCOC(=O)C(C#N)=Cc1cc2ccccc2nc1Cl. The standard InChI is InChI=1S/C16H13ClN2O3/c1-21-6-7-22-16(20)13(10-18)9-12-8-11-4-2-3-5-14(11)19-15(12)17/h2-5,8-9H,6-7H2,1H3. The third kappa shape index (κ3) is 3.82. The van der Waals surface area contributed by atoms with Crippen LogP contribution in [0.2, 0.25) is 5.15 Å². The smallest absolute Gasteiger partial charge is 0.348 e. The van der Waals surface area contributed by atoms with E-state index in [-0.39, 0.29) is 23.9 Å². The van der Waals surface area contributed by atoms with E-state index < -0.39 is 5.97 Å². The molecule has 2 aromatic rings. The van der Waals surface area contributed by atoms with Crippen molar-refractivity contribution in [1.82, 2.24) is 4.98 Å². The number of hydrogen-bond donors (Lipinski definition) is 0. The van der Waals surface area contributed by atoms with E-state index in [1.165, 1.54) is 13.2 Å². The van der Waals surface area contributed by atoms with Gasteiger partial charge >= 0.3 is 5.97 Å². The number of carbonyl (C=O) groups excluding carboxylic acids is 1. The Labute approximate surface area is 132 Å². The van der Waals surface area contributed by atoms with Gasteiger partial charge in [0.1, 0.15) is 23.4 Å². The van der Waals surface area contributed by atoms with Crippen LogP contribution < -0.4 is 0 Å². The number of rotatable bonds is 5. The maximum atomic E-state index is 11.8. The van der Waals surface area contributed by atoms with E-state index in [2.05, 4.69) is 4.98 Å². The fourth-order valence-corrected chi connectivity index (χ4v) is 2.00. The molecular weight excluding hydrogens is 304 g/mol. The first-order chi connectivity index (χ1) is 10.7. The molecule has 0 fully saturated rings. The van der Waals surface area contributed by atoms with Crippen molar-refractivity contribution in [2.24, 2.45) is 0 Å². The Morgan fingerprint density at radius 3 is 2.91 bits per heavy atom. The lowest BCUT2D eigenvalue weighted by molar-refractivity contribution is -0.139. The minimum absolute atomic E-state index is 0.0814. The van der Waals surface area contributed by atoms with Crippen LogP contribution in [0.25, 0.3) is 17.0 Å². The van der Waals surface area contributed by atoms with E-state index in [4.69, 9.17) is 26.3 Å². The van der Waals surface area contributed by atoms with Gasteiger partial charge in [-0.15, -0.1) is 0 Å². The molecule has 0 spiro atoms. The molecule has 0 bridgehead atoms. The van der Waals surface area contributed by atoms with Crippen LogP contribution >= 0.6 is 11.6 Å². The summed E-state index contributed by atoms with van der Waals surface area (Å²) in [6.07, 6.45) is 1.37. The van der Waals surface area contributed by atoms with E-state index in [1.807, 2.05) is 30.3 Å². The lowest BCUT2D eigenvalue weighted by atomic mass is 10.1. The second-order valence-electron chi connectivity index (χ2n) is 4.36. The third-order valence-electron chi connectivity index (χ3n) is 2.87. The molecule has 0 atom stereocenters. The number of esters is 1. The molecule has 0 saturated heterocycles. The van der Waals surface area contributed by atoms with E-state index in [0.717, 1.165) is 10.9 Å². The summed E-state index contributed by atoms with van der Waals surface area (Å²) in [7, 11) is 1.50. The molecule has 0 aliphatic rings. The zero-order chi connectivity index (χ0) is 15.9. The summed E-state index contributed by atoms with van der Waals surface area (Å²) < 4.78 is 9.70. The Morgan fingerprint density at radius 2 is 2.18 bits per heavy atom. The predicted octanol–water partition coefficient (Wildman–Crippen LogP) is 2.98. The maximum Gasteiger partial charge on any atom is 0.348 e. The van der Waals surface area contributed by atoms with Crippen molar-refractivity contribution < 1.29 is 14.3 Å². The molecule has 5 nitrogen and oxygen atoms in total. The second-order valence-corrected chi connectivity index (χ2v) is 4.72. The first-order valence-corrected chi connectivity index (χ1v) is 6.86. The number of halogens is 1. The first kappa shape index (κ1) is 16.0. The quantitative estimate of drug-likeness (QED) is 0.279. The van der Waals surface area contributed by atoms with Crippen molar-refractivity contribution in [1.29, 1.82) is 5.26 Å². The summed E-state index contributed by atoms with van der Waals surface area (Å²) in [4.78, 5) is 16.0. The van der Waals surface area contributed by atoms with Gasteiger partial charge in [-0.3, -0.25) is 0 Å². The molecule has 22 heavy (non-hydrogen) atoms. The number of methoxy groups -OCH3 is 1. The molecule has 112 valence electrons. The van der Waals surface area contributed by atoms with Crippen molar-refractivity contribution in [3.63, 3.8) is 0 Å². The highest BCUT2D eigenvalue weighted by Crippen LogP contribution is 2.22. The van der Waals surface area contributed by atoms with Crippen LogP contribution in [0.5, 0.6) is 0 Å². The predicted molar refractivity (Wildman–Crippen MR) is 83.2 cm³/mol. The van der Waals surface area contributed by atoms with Crippen LogP contribution in [-0.2, 0) is 14.3 Å². The van der Waals surface area contributed by atoms with Gasteiger partial charge in [0.05, 0.1) is 12.1 Å². The van der Waals surface area contributed by atoms with Crippen LogP contribution in [0.4, 0.5) is 0 Å². The third-order valence-corrected chi connectivity index (χ3v) is 3.17. The summed E-state index contributed by atoms with van der Waals surface area (Å²) in [5, 5.41) is 10.2. The lowest BCUT2D eigenvalue weighted by Crippen LogP contribution is -2.11. The molecule has 2 rings (SSSR count). The van der Waals surface area contributed by atoms with Gasteiger partial charge in [0.25, 0.3) is 0 Å². The van der Waals surface area contributed by atoms with Crippen molar-refractivity contribution >= 4 is 34.5 Å². The molecule has 1 aromatic carbocycles. The van der Waals surface area contributed by atoms with Crippen molar-refractivity contribution in [3.05, 3.63) is 46.6 Å². The number of pyridine rings is 1. The van der Waals surface area contributed by atoms with E-state index in [1.54, 1.807) is 6.07 Å². The fourth-order valence-electron chi connectivity index (χ4n) is 1.80. The van der Waals surface area contributed by atoms with Crippen molar-refractivity contribution in [2.75, 3.05) is 20.3 Å². The Bertz CT molecular complexity index is 766. The van der Waals surface area contributed by atoms with Gasteiger partial charge in [0, 0.05) is 18.1 Å². The number of nitriles is 1. The van der Waals surface area contributed by atoms with Crippen molar-refractivity contribution in [3.8, 4) is 6.07 Å². The molecule has 0 radical (unpaired) electrons. The van der Waals surface area contributed by atoms with E-state index in [9.17, 15) is 4.79 Å². The largest absolute Gasteiger partial charge is 0.459 e. The number of ether oxygens (including phenoxy) is 2. The zero-order valence-corrected chi connectivity index (χ0v) is 12.6. The number of carbonyl (C=O) groups is 1. The van der Waals surface area contributed by atoms with Crippen LogP contribution in [0.1, 0.15) is 5.56 Å². The number of benzene rings is 1. The molecule has 6 heteroatoms. The van der Waals surface area contributed by atoms with Crippen LogP contribution in [0, 0.1) is 11.3 Å². The molecule has 0 aliphatic carbocycles. The summed E-state index contributed by atoms with van der Waals surface area (Å²) in [6, 6.07) is 11.0. The average molecular weight is 317 g/mol.